The van der Waals surface area contributed by atoms with Crippen molar-refractivity contribution < 1.29 is 9.53 Å². The van der Waals surface area contributed by atoms with Crippen LogP contribution in [0.15, 0.2) is 24.3 Å². The molecule has 1 rings (SSSR count). The first-order valence-corrected chi connectivity index (χ1v) is 7.52. The zero-order chi connectivity index (χ0) is 13.2. The average Bonchev–Trinajstić information content (AvgIpc) is 2.37. The predicted molar refractivity (Wildman–Crippen MR) is 78.5 cm³/mol. The van der Waals surface area contributed by atoms with Crippen molar-refractivity contribution in [3.8, 4) is 5.75 Å². The van der Waals surface area contributed by atoms with E-state index in [2.05, 4.69) is 12.2 Å². The minimum atomic E-state index is 0.0558. The summed E-state index contributed by atoms with van der Waals surface area (Å²) in [6, 6.07) is 7.45. The van der Waals surface area contributed by atoms with Gasteiger partial charge in [-0.3, -0.25) is 4.79 Å². The molecule has 3 nitrogen and oxygen atoms in total. The summed E-state index contributed by atoms with van der Waals surface area (Å²) < 4.78 is 5.34. The van der Waals surface area contributed by atoms with Gasteiger partial charge in [0.05, 0.1) is 12.4 Å². The van der Waals surface area contributed by atoms with Crippen LogP contribution in [-0.2, 0) is 4.79 Å². The van der Waals surface area contributed by atoms with Gasteiger partial charge in [0.15, 0.2) is 0 Å². The first-order valence-electron chi connectivity index (χ1n) is 6.36. The third-order valence-corrected chi connectivity index (χ3v) is 3.37. The molecule has 0 aliphatic carbocycles. The molecule has 0 saturated heterocycles. The molecule has 0 heterocycles. The standard InChI is InChI=1S/C14H21NO2S/c1-3-5-10-18-11-14(16)15-12-6-8-13(9-7-12)17-4-2/h6-9H,3-5,10-11H2,1-2H3,(H,15,16). The second kappa shape index (κ2) is 8.86. The zero-order valence-electron chi connectivity index (χ0n) is 11.1. The molecular weight excluding hydrogens is 246 g/mol. The summed E-state index contributed by atoms with van der Waals surface area (Å²) in [6.45, 7) is 4.75. The number of unbranched alkanes of at least 4 members (excludes halogenated alkanes) is 1. The Morgan fingerprint density at radius 3 is 2.61 bits per heavy atom. The minimum Gasteiger partial charge on any atom is -0.494 e. The lowest BCUT2D eigenvalue weighted by Crippen LogP contribution is -2.14. The van der Waals surface area contributed by atoms with Crippen LogP contribution in [0.2, 0.25) is 0 Å². The molecule has 0 aromatic heterocycles. The number of benzene rings is 1. The van der Waals surface area contributed by atoms with Crippen molar-refractivity contribution in [1.29, 1.82) is 0 Å². The first kappa shape index (κ1) is 14.9. The van der Waals surface area contributed by atoms with Crippen molar-refractivity contribution in [2.24, 2.45) is 0 Å². The molecule has 0 radical (unpaired) electrons. The van der Waals surface area contributed by atoms with Crippen LogP contribution >= 0.6 is 11.8 Å². The maximum absolute atomic E-state index is 11.6. The molecule has 0 atom stereocenters. The number of carbonyl (C=O) groups is 1. The second-order valence-electron chi connectivity index (χ2n) is 3.91. The van der Waals surface area contributed by atoms with Gasteiger partial charge in [0.25, 0.3) is 0 Å². The highest BCUT2D eigenvalue weighted by Crippen LogP contribution is 2.16. The highest BCUT2D eigenvalue weighted by atomic mass is 32.2. The molecule has 0 bridgehead atoms. The van der Waals surface area contributed by atoms with Gasteiger partial charge in [-0.05, 0) is 43.4 Å². The molecule has 0 saturated carbocycles. The fourth-order valence-electron chi connectivity index (χ4n) is 1.41. The van der Waals surface area contributed by atoms with E-state index in [-0.39, 0.29) is 5.91 Å². The van der Waals surface area contributed by atoms with Crippen LogP contribution in [0.3, 0.4) is 0 Å². The summed E-state index contributed by atoms with van der Waals surface area (Å²) in [5, 5.41) is 2.87. The van der Waals surface area contributed by atoms with Crippen LogP contribution in [0.25, 0.3) is 0 Å². The fourth-order valence-corrected chi connectivity index (χ4v) is 2.30. The molecule has 4 heteroatoms. The van der Waals surface area contributed by atoms with Crippen molar-refractivity contribution in [2.45, 2.75) is 26.7 Å². The molecule has 0 fully saturated rings. The summed E-state index contributed by atoms with van der Waals surface area (Å²) >= 11 is 1.68. The molecule has 0 spiro atoms. The van der Waals surface area contributed by atoms with Crippen LogP contribution < -0.4 is 10.1 Å². The summed E-state index contributed by atoms with van der Waals surface area (Å²) in [4.78, 5) is 11.6. The van der Waals surface area contributed by atoms with Gasteiger partial charge in [-0.15, -0.1) is 0 Å². The highest BCUT2D eigenvalue weighted by Gasteiger charge is 2.02. The monoisotopic (exact) mass is 267 g/mol. The molecule has 0 aliphatic rings. The lowest BCUT2D eigenvalue weighted by atomic mass is 10.3. The Morgan fingerprint density at radius 1 is 1.28 bits per heavy atom. The number of hydrogen-bond donors (Lipinski definition) is 1. The van der Waals surface area contributed by atoms with Crippen molar-refractivity contribution >= 4 is 23.4 Å². The SMILES string of the molecule is CCCCSCC(=O)Nc1ccc(OCC)cc1. The molecule has 1 aromatic rings. The Kier molecular flexibility index (Phi) is 7.34. The second-order valence-corrected chi connectivity index (χ2v) is 5.02. The van der Waals surface area contributed by atoms with Crippen LogP contribution in [0.1, 0.15) is 26.7 Å². The van der Waals surface area contributed by atoms with Gasteiger partial charge in [0, 0.05) is 5.69 Å². The summed E-state index contributed by atoms with van der Waals surface area (Å²) in [5.74, 6) is 2.45. The quantitative estimate of drug-likeness (QED) is 0.732. The third kappa shape index (κ3) is 5.96. The van der Waals surface area contributed by atoms with E-state index in [4.69, 9.17) is 4.74 Å². The van der Waals surface area contributed by atoms with Gasteiger partial charge >= 0.3 is 0 Å². The van der Waals surface area contributed by atoms with Crippen molar-refractivity contribution in [1.82, 2.24) is 0 Å². The van der Waals surface area contributed by atoms with Gasteiger partial charge in [-0.25, -0.2) is 0 Å². The summed E-state index contributed by atoms with van der Waals surface area (Å²) in [6.07, 6.45) is 2.34. The number of carbonyl (C=O) groups excluding carboxylic acids is 1. The van der Waals surface area contributed by atoms with Crippen LogP contribution in [-0.4, -0.2) is 24.0 Å². The number of amides is 1. The Balaban J connectivity index is 2.30. The van der Waals surface area contributed by atoms with Crippen LogP contribution in [0.5, 0.6) is 5.75 Å². The summed E-state index contributed by atoms with van der Waals surface area (Å²) in [7, 11) is 0. The van der Waals surface area contributed by atoms with E-state index in [1.165, 1.54) is 12.8 Å². The number of nitrogens with one attached hydrogen (secondary N) is 1. The molecule has 0 unspecified atom stereocenters. The van der Waals surface area contributed by atoms with E-state index in [1.807, 2.05) is 31.2 Å². The van der Waals surface area contributed by atoms with Crippen LogP contribution in [0.4, 0.5) is 5.69 Å². The lowest BCUT2D eigenvalue weighted by Gasteiger charge is -2.07. The molecule has 1 N–H and O–H groups in total. The van der Waals surface area contributed by atoms with Crippen LogP contribution in [0, 0.1) is 0 Å². The van der Waals surface area contributed by atoms with Crippen molar-refractivity contribution in [3.63, 3.8) is 0 Å². The Labute approximate surface area is 113 Å². The van der Waals surface area contributed by atoms with Crippen molar-refractivity contribution in [2.75, 3.05) is 23.4 Å². The Bertz CT molecular complexity index is 351. The number of ether oxygens (including phenoxy) is 1. The highest BCUT2D eigenvalue weighted by molar-refractivity contribution is 7.99. The molecule has 1 aromatic carbocycles. The largest absolute Gasteiger partial charge is 0.494 e. The minimum absolute atomic E-state index is 0.0558. The van der Waals surface area contributed by atoms with E-state index in [9.17, 15) is 4.79 Å². The normalized spacial score (nSPS) is 10.1. The Hall–Kier alpha value is -1.16. The van der Waals surface area contributed by atoms with Crippen molar-refractivity contribution in [3.05, 3.63) is 24.3 Å². The molecular formula is C14H21NO2S. The van der Waals surface area contributed by atoms with Gasteiger partial charge in [-0.1, -0.05) is 13.3 Å². The first-order chi connectivity index (χ1) is 8.76. The molecule has 100 valence electrons. The number of thioether (sulfide) groups is 1. The maximum Gasteiger partial charge on any atom is 0.234 e. The van der Waals surface area contributed by atoms with Gasteiger partial charge in [-0.2, -0.15) is 11.8 Å². The van der Waals surface area contributed by atoms with Gasteiger partial charge in [0.2, 0.25) is 5.91 Å². The molecule has 18 heavy (non-hydrogen) atoms. The van der Waals surface area contributed by atoms with Gasteiger partial charge in [0.1, 0.15) is 5.75 Å². The maximum atomic E-state index is 11.6. The zero-order valence-corrected chi connectivity index (χ0v) is 11.9. The smallest absolute Gasteiger partial charge is 0.234 e. The number of rotatable bonds is 8. The van der Waals surface area contributed by atoms with E-state index in [1.54, 1.807) is 11.8 Å². The van der Waals surface area contributed by atoms with Gasteiger partial charge < -0.3 is 10.1 Å². The third-order valence-electron chi connectivity index (χ3n) is 2.32. The van der Waals surface area contributed by atoms with E-state index < -0.39 is 0 Å². The fraction of sp³-hybridized carbons (Fsp3) is 0.500. The number of hydrogen-bond acceptors (Lipinski definition) is 3. The van der Waals surface area contributed by atoms with E-state index in [0.717, 1.165) is 17.2 Å². The molecule has 0 aliphatic heterocycles. The molecule has 1 amide bonds. The van der Waals surface area contributed by atoms with E-state index in [0.29, 0.717) is 12.4 Å². The lowest BCUT2D eigenvalue weighted by molar-refractivity contribution is -0.113. The van der Waals surface area contributed by atoms with E-state index >= 15 is 0 Å². The number of anilines is 1. The average molecular weight is 267 g/mol. The summed E-state index contributed by atoms with van der Waals surface area (Å²) in [5.41, 5.74) is 0.819. The predicted octanol–water partition coefficient (Wildman–Crippen LogP) is 3.56. The Morgan fingerprint density at radius 2 is 2.00 bits per heavy atom. The topological polar surface area (TPSA) is 38.3 Å².